The van der Waals surface area contributed by atoms with Gasteiger partial charge >= 0.3 is 12.1 Å². The molecule has 0 aliphatic rings. The van der Waals surface area contributed by atoms with Gasteiger partial charge in [0.15, 0.2) is 0 Å². The van der Waals surface area contributed by atoms with Crippen LogP contribution in [0.2, 0.25) is 0 Å². The summed E-state index contributed by atoms with van der Waals surface area (Å²) in [7, 11) is 0. The maximum absolute atomic E-state index is 12.4. The van der Waals surface area contributed by atoms with Crippen molar-refractivity contribution in [2.45, 2.75) is 39.4 Å². The molecule has 0 fully saturated rings. The van der Waals surface area contributed by atoms with E-state index in [2.05, 4.69) is 10.4 Å². The number of carbonyl (C=O) groups is 2. The van der Waals surface area contributed by atoms with E-state index in [0.717, 1.165) is 4.68 Å². The third-order valence-corrected chi connectivity index (χ3v) is 2.86. The Bertz CT molecular complexity index is 538. The molecule has 1 aromatic heterocycles. The summed E-state index contributed by atoms with van der Waals surface area (Å²) in [5.41, 5.74) is 1.05. The highest BCUT2D eigenvalue weighted by Crippen LogP contribution is 2.21. The standard InChI is InChI=1S/C12H16F3N3O3/c1-7-9(5-10(19)16-4-3-11(20)21)8(2)18(17-7)6-12(13,14)15/h3-6H2,1-2H3,(H,16,19)(H,20,21). The SMILES string of the molecule is Cc1nn(CC(F)(F)F)c(C)c1CC(=O)NCCC(=O)O. The molecule has 1 heterocycles. The summed E-state index contributed by atoms with van der Waals surface area (Å²) >= 11 is 0. The highest BCUT2D eigenvalue weighted by Gasteiger charge is 2.30. The van der Waals surface area contributed by atoms with Gasteiger partial charge in [0.05, 0.1) is 18.5 Å². The van der Waals surface area contributed by atoms with Gasteiger partial charge in [-0.05, 0) is 13.8 Å². The molecule has 1 amide bonds. The van der Waals surface area contributed by atoms with Crippen LogP contribution in [0.3, 0.4) is 0 Å². The second-order valence-corrected chi connectivity index (χ2v) is 4.59. The van der Waals surface area contributed by atoms with Crippen molar-refractivity contribution in [2.24, 2.45) is 0 Å². The van der Waals surface area contributed by atoms with Crippen molar-refractivity contribution in [1.82, 2.24) is 15.1 Å². The molecule has 0 spiro atoms. The molecule has 1 rings (SSSR count). The number of nitrogens with one attached hydrogen (secondary N) is 1. The number of aromatic nitrogens is 2. The minimum atomic E-state index is -4.38. The number of nitrogens with zero attached hydrogens (tertiary/aromatic N) is 2. The number of carbonyl (C=O) groups excluding carboxylic acids is 1. The van der Waals surface area contributed by atoms with Gasteiger partial charge in [0.25, 0.3) is 0 Å². The van der Waals surface area contributed by atoms with Crippen molar-refractivity contribution in [2.75, 3.05) is 6.54 Å². The first-order valence-corrected chi connectivity index (χ1v) is 6.18. The Morgan fingerprint density at radius 3 is 2.48 bits per heavy atom. The van der Waals surface area contributed by atoms with Crippen molar-refractivity contribution in [3.05, 3.63) is 17.0 Å². The van der Waals surface area contributed by atoms with Crippen LogP contribution in [0.25, 0.3) is 0 Å². The molecule has 9 heteroatoms. The molecular formula is C12H16F3N3O3. The van der Waals surface area contributed by atoms with Gasteiger partial charge in [0.1, 0.15) is 6.54 Å². The normalized spacial score (nSPS) is 11.5. The fraction of sp³-hybridized carbons (Fsp3) is 0.583. The molecule has 0 saturated heterocycles. The molecule has 0 unspecified atom stereocenters. The van der Waals surface area contributed by atoms with Crippen LogP contribution < -0.4 is 5.32 Å². The fourth-order valence-corrected chi connectivity index (χ4v) is 1.85. The fourth-order valence-electron chi connectivity index (χ4n) is 1.85. The zero-order valence-electron chi connectivity index (χ0n) is 11.6. The number of rotatable bonds is 6. The number of aliphatic carboxylic acids is 1. The summed E-state index contributed by atoms with van der Waals surface area (Å²) in [4.78, 5) is 21.9. The zero-order valence-corrected chi connectivity index (χ0v) is 11.6. The van der Waals surface area contributed by atoms with E-state index in [0.29, 0.717) is 11.3 Å². The third kappa shape index (κ3) is 5.44. The van der Waals surface area contributed by atoms with Crippen LogP contribution in [0.15, 0.2) is 0 Å². The molecule has 0 aromatic carbocycles. The quantitative estimate of drug-likeness (QED) is 0.827. The third-order valence-electron chi connectivity index (χ3n) is 2.86. The number of hydrogen-bond donors (Lipinski definition) is 2. The molecular weight excluding hydrogens is 291 g/mol. The van der Waals surface area contributed by atoms with Gasteiger partial charge in [-0.15, -0.1) is 0 Å². The van der Waals surface area contributed by atoms with E-state index < -0.39 is 24.6 Å². The monoisotopic (exact) mass is 307 g/mol. The van der Waals surface area contributed by atoms with Gasteiger partial charge in [-0.3, -0.25) is 14.3 Å². The van der Waals surface area contributed by atoms with E-state index in [4.69, 9.17) is 5.11 Å². The van der Waals surface area contributed by atoms with Crippen LogP contribution in [0.4, 0.5) is 13.2 Å². The number of carboxylic acids is 1. The number of hydrogen-bond acceptors (Lipinski definition) is 3. The van der Waals surface area contributed by atoms with Crippen molar-refractivity contribution < 1.29 is 27.9 Å². The Kier molecular flexibility index (Phi) is 5.34. The highest BCUT2D eigenvalue weighted by molar-refractivity contribution is 5.79. The van der Waals surface area contributed by atoms with Crippen molar-refractivity contribution >= 4 is 11.9 Å². The number of aryl methyl sites for hydroxylation is 1. The van der Waals surface area contributed by atoms with Crippen LogP contribution in [0, 0.1) is 13.8 Å². The summed E-state index contributed by atoms with van der Waals surface area (Å²) < 4.78 is 37.9. The molecule has 0 bridgehead atoms. The summed E-state index contributed by atoms with van der Waals surface area (Å²) in [6.45, 7) is 1.76. The van der Waals surface area contributed by atoms with Crippen LogP contribution in [-0.4, -0.2) is 39.5 Å². The van der Waals surface area contributed by atoms with Crippen LogP contribution in [-0.2, 0) is 22.6 Å². The van der Waals surface area contributed by atoms with Gasteiger partial charge in [0.2, 0.25) is 5.91 Å². The van der Waals surface area contributed by atoms with Crippen LogP contribution in [0.5, 0.6) is 0 Å². The Balaban J connectivity index is 2.71. The van der Waals surface area contributed by atoms with E-state index >= 15 is 0 Å². The number of carboxylic acid groups (broad SMARTS) is 1. The van der Waals surface area contributed by atoms with Crippen LogP contribution in [0.1, 0.15) is 23.4 Å². The summed E-state index contributed by atoms with van der Waals surface area (Å²) in [6, 6.07) is 0. The van der Waals surface area contributed by atoms with Gasteiger partial charge in [-0.2, -0.15) is 18.3 Å². The Morgan fingerprint density at radius 1 is 1.33 bits per heavy atom. The van der Waals surface area contributed by atoms with Gasteiger partial charge in [0, 0.05) is 17.8 Å². The largest absolute Gasteiger partial charge is 0.481 e. The molecule has 1 aromatic rings. The molecule has 2 N–H and O–H groups in total. The lowest BCUT2D eigenvalue weighted by molar-refractivity contribution is -0.143. The predicted octanol–water partition coefficient (Wildman–Crippen LogP) is 1.20. The molecule has 21 heavy (non-hydrogen) atoms. The number of alkyl halides is 3. The van der Waals surface area contributed by atoms with E-state index in [-0.39, 0.29) is 25.1 Å². The number of amides is 1. The molecule has 0 radical (unpaired) electrons. The van der Waals surface area contributed by atoms with Crippen molar-refractivity contribution in [3.63, 3.8) is 0 Å². The molecule has 118 valence electrons. The Labute approximate surface area is 118 Å². The Hall–Kier alpha value is -2.06. The molecule has 0 atom stereocenters. The average molecular weight is 307 g/mol. The van der Waals surface area contributed by atoms with Gasteiger partial charge < -0.3 is 10.4 Å². The lowest BCUT2D eigenvalue weighted by atomic mass is 10.1. The van der Waals surface area contributed by atoms with Gasteiger partial charge in [-0.1, -0.05) is 0 Å². The lowest BCUT2D eigenvalue weighted by Crippen LogP contribution is -2.27. The smallest absolute Gasteiger partial charge is 0.408 e. The van der Waals surface area contributed by atoms with E-state index in [1.807, 2.05) is 0 Å². The molecule has 6 nitrogen and oxygen atoms in total. The van der Waals surface area contributed by atoms with Crippen molar-refractivity contribution in [3.8, 4) is 0 Å². The molecule has 0 saturated carbocycles. The van der Waals surface area contributed by atoms with Crippen LogP contribution >= 0.6 is 0 Å². The number of halogens is 3. The summed E-state index contributed by atoms with van der Waals surface area (Å²) in [5, 5.41) is 14.6. The van der Waals surface area contributed by atoms with E-state index in [1.54, 1.807) is 0 Å². The second kappa shape index (κ2) is 6.59. The Morgan fingerprint density at radius 2 is 1.95 bits per heavy atom. The first kappa shape index (κ1) is 17.0. The summed E-state index contributed by atoms with van der Waals surface area (Å²) in [6.07, 6.45) is -4.73. The lowest BCUT2D eigenvalue weighted by Gasteiger charge is -2.08. The maximum Gasteiger partial charge on any atom is 0.408 e. The minimum absolute atomic E-state index is 0.0249. The maximum atomic E-state index is 12.4. The van der Waals surface area contributed by atoms with Gasteiger partial charge in [-0.25, -0.2) is 0 Å². The first-order chi connectivity index (χ1) is 9.60. The first-order valence-electron chi connectivity index (χ1n) is 6.18. The summed E-state index contributed by atoms with van der Waals surface area (Å²) in [5.74, 6) is -1.49. The average Bonchev–Trinajstić information content (AvgIpc) is 2.54. The highest BCUT2D eigenvalue weighted by atomic mass is 19.4. The molecule has 0 aliphatic heterocycles. The zero-order chi connectivity index (χ0) is 16.2. The predicted molar refractivity (Wildman–Crippen MR) is 66.7 cm³/mol. The molecule has 0 aliphatic carbocycles. The van der Waals surface area contributed by atoms with Crippen molar-refractivity contribution in [1.29, 1.82) is 0 Å². The van der Waals surface area contributed by atoms with E-state index in [9.17, 15) is 22.8 Å². The second-order valence-electron chi connectivity index (χ2n) is 4.59. The minimum Gasteiger partial charge on any atom is -0.481 e. The van der Waals surface area contributed by atoms with E-state index in [1.165, 1.54) is 13.8 Å². The topological polar surface area (TPSA) is 84.2 Å².